The minimum atomic E-state index is 0.461. The third-order valence-corrected chi connectivity index (χ3v) is 5.29. The molecule has 0 amide bonds. The second-order valence-corrected chi connectivity index (χ2v) is 7.59. The molecule has 9 nitrogen and oxygen atoms in total. The number of nitrogens with zero attached hydrogens (tertiary/aromatic N) is 7. The number of fused-ring (bicyclic) bond motifs is 1. The summed E-state index contributed by atoms with van der Waals surface area (Å²) in [4.78, 5) is 13.8. The molecule has 4 heterocycles. The van der Waals surface area contributed by atoms with Gasteiger partial charge in [-0.3, -0.25) is 14.3 Å². The molecule has 0 fully saturated rings. The zero-order valence-electron chi connectivity index (χ0n) is 18.2. The zero-order valence-corrected chi connectivity index (χ0v) is 18.2. The minimum Gasteiger partial charge on any atom is -0.495 e. The number of ether oxygens (including phenoxy) is 1. The van der Waals surface area contributed by atoms with Crippen LogP contribution in [-0.2, 0) is 14.1 Å². The van der Waals surface area contributed by atoms with Gasteiger partial charge in [-0.2, -0.15) is 10.2 Å². The molecule has 32 heavy (non-hydrogen) atoms. The molecule has 0 aliphatic heterocycles. The Morgan fingerprint density at radius 3 is 2.38 bits per heavy atom. The SMILES string of the molecule is COc1cc(-c2cnn(C)c2)c(C)cc1Nc1ncc2ccnc(-c3cnn(C)c3)c2n1. The molecule has 1 N–H and O–H groups in total. The number of nitrogens with one attached hydrogen (secondary N) is 1. The van der Waals surface area contributed by atoms with Crippen molar-refractivity contribution in [3.8, 4) is 28.1 Å². The van der Waals surface area contributed by atoms with Gasteiger partial charge in [0.05, 0.1) is 30.9 Å². The summed E-state index contributed by atoms with van der Waals surface area (Å²) in [6.45, 7) is 2.05. The summed E-state index contributed by atoms with van der Waals surface area (Å²) < 4.78 is 9.18. The van der Waals surface area contributed by atoms with Gasteiger partial charge in [0.15, 0.2) is 0 Å². The number of aryl methyl sites for hydroxylation is 3. The van der Waals surface area contributed by atoms with Crippen molar-refractivity contribution < 1.29 is 4.74 Å². The third-order valence-electron chi connectivity index (χ3n) is 5.29. The molecule has 0 saturated heterocycles. The van der Waals surface area contributed by atoms with Crippen LogP contribution in [0.5, 0.6) is 5.75 Å². The third kappa shape index (κ3) is 3.53. The Kier molecular flexibility index (Phi) is 4.78. The fourth-order valence-corrected chi connectivity index (χ4v) is 3.72. The molecule has 0 aliphatic carbocycles. The lowest BCUT2D eigenvalue weighted by atomic mass is 10.0. The molecule has 0 saturated carbocycles. The average Bonchev–Trinajstić information content (AvgIpc) is 3.41. The van der Waals surface area contributed by atoms with Crippen LogP contribution in [0.3, 0.4) is 0 Å². The molecule has 4 aromatic heterocycles. The highest BCUT2D eigenvalue weighted by molar-refractivity contribution is 5.91. The summed E-state index contributed by atoms with van der Waals surface area (Å²) >= 11 is 0. The highest BCUT2D eigenvalue weighted by Crippen LogP contribution is 2.35. The van der Waals surface area contributed by atoms with Crippen molar-refractivity contribution in [3.05, 3.63) is 60.9 Å². The van der Waals surface area contributed by atoms with E-state index in [0.717, 1.165) is 44.5 Å². The molecule has 1 aromatic carbocycles. The lowest BCUT2D eigenvalue weighted by molar-refractivity contribution is 0.417. The first-order valence-corrected chi connectivity index (χ1v) is 10.1. The molecule has 0 atom stereocenters. The Morgan fingerprint density at radius 2 is 1.69 bits per heavy atom. The summed E-state index contributed by atoms with van der Waals surface area (Å²) in [5.41, 5.74) is 6.37. The van der Waals surface area contributed by atoms with Gasteiger partial charge in [-0.1, -0.05) is 0 Å². The van der Waals surface area contributed by atoms with Crippen LogP contribution in [0.4, 0.5) is 11.6 Å². The lowest BCUT2D eigenvalue weighted by Crippen LogP contribution is -2.01. The number of hydrogen-bond donors (Lipinski definition) is 1. The molecule has 0 aliphatic rings. The smallest absolute Gasteiger partial charge is 0.227 e. The molecule has 0 radical (unpaired) electrons. The van der Waals surface area contributed by atoms with E-state index in [4.69, 9.17) is 9.72 Å². The van der Waals surface area contributed by atoms with Crippen LogP contribution in [0.1, 0.15) is 5.56 Å². The summed E-state index contributed by atoms with van der Waals surface area (Å²) in [7, 11) is 5.42. The number of pyridine rings is 1. The van der Waals surface area contributed by atoms with Crippen molar-refractivity contribution in [2.75, 3.05) is 12.4 Å². The summed E-state index contributed by atoms with van der Waals surface area (Å²) in [5.74, 6) is 1.15. The van der Waals surface area contributed by atoms with E-state index in [1.165, 1.54) is 0 Å². The van der Waals surface area contributed by atoms with Crippen molar-refractivity contribution in [1.29, 1.82) is 0 Å². The number of benzene rings is 1. The maximum absolute atomic E-state index is 5.66. The standard InChI is InChI=1S/C23H22N8O/c1-14-7-19(20(32-4)8-18(14)16-10-26-30(2)12-16)28-23-25-9-15-5-6-24-21(22(15)29-23)17-11-27-31(3)13-17/h5-13H,1-4H3,(H,25,28,29). The maximum Gasteiger partial charge on any atom is 0.227 e. The van der Waals surface area contributed by atoms with Crippen LogP contribution in [0.15, 0.2) is 55.4 Å². The fourth-order valence-electron chi connectivity index (χ4n) is 3.72. The fraction of sp³-hybridized carbons (Fsp3) is 0.174. The first-order valence-electron chi connectivity index (χ1n) is 10.1. The number of hydrogen-bond acceptors (Lipinski definition) is 7. The van der Waals surface area contributed by atoms with E-state index in [9.17, 15) is 0 Å². The van der Waals surface area contributed by atoms with Crippen LogP contribution in [0.25, 0.3) is 33.3 Å². The van der Waals surface area contributed by atoms with Crippen molar-refractivity contribution in [3.63, 3.8) is 0 Å². The number of aromatic nitrogens is 7. The largest absolute Gasteiger partial charge is 0.495 e. The minimum absolute atomic E-state index is 0.461. The van der Waals surface area contributed by atoms with Crippen LogP contribution in [-0.4, -0.2) is 41.6 Å². The number of methoxy groups -OCH3 is 1. The van der Waals surface area contributed by atoms with Crippen LogP contribution in [0, 0.1) is 6.92 Å². The quantitative estimate of drug-likeness (QED) is 0.455. The second-order valence-electron chi connectivity index (χ2n) is 7.59. The molecule has 0 unspecified atom stereocenters. The molecule has 5 rings (SSSR count). The van der Waals surface area contributed by atoms with E-state index in [-0.39, 0.29) is 0 Å². The highest BCUT2D eigenvalue weighted by atomic mass is 16.5. The highest BCUT2D eigenvalue weighted by Gasteiger charge is 2.14. The van der Waals surface area contributed by atoms with Crippen molar-refractivity contribution in [1.82, 2.24) is 34.5 Å². The first-order chi connectivity index (χ1) is 15.5. The number of anilines is 2. The molecular formula is C23H22N8O. The molecule has 9 heteroatoms. The Balaban J connectivity index is 1.55. The van der Waals surface area contributed by atoms with Crippen LogP contribution in [0.2, 0.25) is 0 Å². The first kappa shape index (κ1) is 19.7. The molecule has 0 bridgehead atoms. The van der Waals surface area contributed by atoms with E-state index in [1.54, 1.807) is 35.1 Å². The van der Waals surface area contributed by atoms with Gasteiger partial charge in [0, 0.05) is 55.4 Å². The van der Waals surface area contributed by atoms with E-state index in [1.807, 2.05) is 50.9 Å². The average molecular weight is 426 g/mol. The normalized spacial score (nSPS) is 11.1. The Labute approximate surface area is 184 Å². The number of rotatable bonds is 5. The van der Waals surface area contributed by atoms with Gasteiger partial charge in [0.1, 0.15) is 11.3 Å². The summed E-state index contributed by atoms with van der Waals surface area (Å²) in [6, 6.07) is 5.92. The Morgan fingerprint density at radius 1 is 0.938 bits per heavy atom. The van der Waals surface area contributed by atoms with Crippen molar-refractivity contribution in [2.24, 2.45) is 14.1 Å². The van der Waals surface area contributed by atoms with E-state index in [2.05, 4.69) is 32.4 Å². The molecule has 5 aromatic rings. The van der Waals surface area contributed by atoms with E-state index in [0.29, 0.717) is 11.7 Å². The van der Waals surface area contributed by atoms with Gasteiger partial charge in [-0.15, -0.1) is 0 Å². The van der Waals surface area contributed by atoms with Gasteiger partial charge in [0.2, 0.25) is 5.95 Å². The monoisotopic (exact) mass is 426 g/mol. The van der Waals surface area contributed by atoms with Crippen molar-refractivity contribution >= 4 is 22.5 Å². The topological polar surface area (TPSA) is 95.6 Å². The van der Waals surface area contributed by atoms with E-state index < -0.39 is 0 Å². The predicted octanol–water partition coefficient (Wildman–Crippen LogP) is 3.89. The van der Waals surface area contributed by atoms with Crippen molar-refractivity contribution in [2.45, 2.75) is 6.92 Å². The van der Waals surface area contributed by atoms with Crippen LogP contribution < -0.4 is 10.1 Å². The van der Waals surface area contributed by atoms with Gasteiger partial charge < -0.3 is 10.1 Å². The van der Waals surface area contributed by atoms with Crippen LogP contribution >= 0.6 is 0 Å². The van der Waals surface area contributed by atoms with Gasteiger partial charge in [-0.25, -0.2) is 9.97 Å². The van der Waals surface area contributed by atoms with E-state index >= 15 is 0 Å². The second kappa shape index (κ2) is 7.77. The maximum atomic E-state index is 5.66. The molecule has 0 spiro atoms. The lowest BCUT2D eigenvalue weighted by Gasteiger charge is -2.14. The van der Waals surface area contributed by atoms with Gasteiger partial charge >= 0.3 is 0 Å². The Hall–Kier alpha value is -4.27. The molecular weight excluding hydrogens is 404 g/mol. The summed E-state index contributed by atoms with van der Waals surface area (Å²) in [5, 5.41) is 12.7. The van der Waals surface area contributed by atoms with Gasteiger partial charge in [0.25, 0.3) is 0 Å². The molecule has 160 valence electrons. The zero-order chi connectivity index (χ0) is 22.2. The Bertz CT molecular complexity index is 1440. The summed E-state index contributed by atoms with van der Waals surface area (Å²) in [6.07, 6.45) is 11.1. The van der Waals surface area contributed by atoms with Gasteiger partial charge in [-0.05, 0) is 36.2 Å². The predicted molar refractivity (Wildman–Crippen MR) is 123 cm³/mol.